The van der Waals surface area contributed by atoms with E-state index >= 15 is 0 Å². The summed E-state index contributed by atoms with van der Waals surface area (Å²) in [5, 5.41) is 11.3. The van der Waals surface area contributed by atoms with Crippen LogP contribution in [0.2, 0.25) is 0 Å². The van der Waals surface area contributed by atoms with Gasteiger partial charge in [0, 0.05) is 5.92 Å². The number of ether oxygens (including phenoxy) is 1. The van der Waals surface area contributed by atoms with Gasteiger partial charge in [-0.3, -0.25) is 4.79 Å². The molecular weight excluding hydrogens is 352 g/mol. The van der Waals surface area contributed by atoms with Crippen LogP contribution in [0.15, 0.2) is 66.9 Å². The molecule has 0 spiro atoms. The van der Waals surface area contributed by atoms with Gasteiger partial charge < -0.3 is 10.1 Å². The third-order valence-corrected chi connectivity index (χ3v) is 5.16. The van der Waals surface area contributed by atoms with Crippen molar-refractivity contribution in [2.75, 3.05) is 6.61 Å². The largest absolute Gasteiger partial charge is 0.357 e. The Morgan fingerprint density at radius 3 is 2.61 bits per heavy atom. The number of nitrogens with one attached hydrogen (secondary N) is 1. The fraction of sp³-hybridized carbons (Fsp3) is 0.318. The van der Waals surface area contributed by atoms with Crippen LogP contribution in [0, 0.1) is 5.92 Å². The number of aryl methyl sites for hydroxylation is 1. The molecule has 28 heavy (non-hydrogen) atoms. The molecule has 3 aromatic rings. The summed E-state index contributed by atoms with van der Waals surface area (Å²) in [6.07, 6.45) is 3.93. The van der Waals surface area contributed by atoms with E-state index in [1.807, 2.05) is 48.5 Å². The summed E-state index contributed by atoms with van der Waals surface area (Å²) in [6, 6.07) is 19.9. The number of aromatic nitrogens is 3. The number of carbonyl (C=O) groups excluding carboxylic acids is 1. The van der Waals surface area contributed by atoms with Crippen LogP contribution in [0.25, 0.3) is 0 Å². The van der Waals surface area contributed by atoms with E-state index in [-0.39, 0.29) is 17.9 Å². The van der Waals surface area contributed by atoms with Gasteiger partial charge >= 0.3 is 0 Å². The standard InChI is InChI=1S/C22H24N4O2/c27-22-19(13-17-7-3-1-4-8-17)11-12-20-14-23-25-26(20)16-28-15-21(24-22)18-9-5-2-6-10-18/h1-10,14,19,21H,11-13,15-16H2,(H,24,27)/t19-,21-/m1/s1. The Bertz CT molecular complexity index is 895. The number of nitrogens with zero attached hydrogens (tertiary/aromatic N) is 3. The summed E-state index contributed by atoms with van der Waals surface area (Å²) in [6.45, 7) is 0.713. The predicted octanol–water partition coefficient (Wildman–Crippen LogP) is 2.91. The molecule has 2 heterocycles. The van der Waals surface area contributed by atoms with Gasteiger partial charge in [0.1, 0.15) is 6.73 Å². The molecule has 1 aromatic heterocycles. The normalized spacial score (nSPS) is 20.6. The highest BCUT2D eigenvalue weighted by atomic mass is 16.5. The molecule has 6 nitrogen and oxygen atoms in total. The lowest BCUT2D eigenvalue weighted by Crippen LogP contribution is -2.37. The van der Waals surface area contributed by atoms with Gasteiger partial charge in [-0.05, 0) is 30.4 Å². The van der Waals surface area contributed by atoms with Gasteiger partial charge in [-0.25, -0.2) is 4.68 Å². The molecule has 4 rings (SSSR count). The zero-order valence-corrected chi connectivity index (χ0v) is 15.7. The van der Waals surface area contributed by atoms with Crippen molar-refractivity contribution in [3.05, 3.63) is 83.7 Å². The van der Waals surface area contributed by atoms with Gasteiger partial charge in [-0.15, -0.1) is 5.10 Å². The first-order valence-corrected chi connectivity index (χ1v) is 9.64. The van der Waals surface area contributed by atoms with Crippen molar-refractivity contribution in [1.82, 2.24) is 20.3 Å². The van der Waals surface area contributed by atoms with Gasteiger partial charge in [0.25, 0.3) is 0 Å². The van der Waals surface area contributed by atoms with E-state index in [4.69, 9.17) is 4.74 Å². The van der Waals surface area contributed by atoms with Crippen LogP contribution >= 0.6 is 0 Å². The van der Waals surface area contributed by atoms with Gasteiger partial charge in [-0.2, -0.15) is 0 Å². The van der Waals surface area contributed by atoms with Crippen molar-refractivity contribution in [3.63, 3.8) is 0 Å². The Morgan fingerprint density at radius 1 is 1.07 bits per heavy atom. The van der Waals surface area contributed by atoms with Crippen LogP contribution in [0.4, 0.5) is 0 Å². The van der Waals surface area contributed by atoms with Crippen molar-refractivity contribution < 1.29 is 9.53 Å². The Morgan fingerprint density at radius 2 is 1.82 bits per heavy atom. The first-order valence-electron chi connectivity index (χ1n) is 9.64. The van der Waals surface area contributed by atoms with Crippen LogP contribution in [0.1, 0.15) is 29.3 Å². The first-order chi connectivity index (χ1) is 13.8. The molecule has 0 saturated carbocycles. The fourth-order valence-electron chi connectivity index (χ4n) is 3.58. The minimum atomic E-state index is -0.197. The summed E-state index contributed by atoms with van der Waals surface area (Å²) in [4.78, 5) is 13.2. The zero-order chi connectivity index (χ0) is 19.2. The smallest absolute Gasteiger partial charge is 0.224 e. The van der Waals surface area contributed by atoms with Crippen molar-refractivity contribution in [1.29, 1.82) is 0 Å². The molecule has 1 aliphatic rings. The lowest BCUT2D eigenvalue weighted by atomic mass is 9.92. The third kappa shape index (κ3) is 4.46. The highest BCUT2D eigenvalue weighted by molar-refractivity contribution is 5.79. The zero-order valence-electron chi connectivity index (χ0n) is 15.7. The fourth-order valence-corrected chi connectivity index (χ4v) is 3.58. The van der Waals surface area contributed by atoms with E-state index in [1.165, 1.54) is 0 Å². The number of amides is 1. The highest BCUT2D eigenvalue weighted by Crippen LogP contribution is 2.20. The number of benzene rings is 2. The molecule has 0 fully saturated rings. The highest BCUT2D eigenvalue weighted by Gasteiger charge is 2.24. The van der Waals surface area contributed by atoms with Gasteiger partial charge in [0.2, 0.25) is 5.91 Å². The van der Waals surface area contributed by atoms with E-state index in [1.54, 1.807) is 10.9 Å². The molecule has 0 radical (unpaired) electrons. The third-order valence-electron chi connectivity index (χ3n) is 5.16. The van der Waals surface area contributed by atoms with Gasteiger partial charge in [0.05, 0.1) is 24.5 Å². The van der Waals surface area contributed by atoms with E-state index < -0.39 is 0 Å². The van der Waals surface area contributed by atoms with Crippen molar-refractivity contribution in [3.8, 4) is 0 Å². The molecule has 0 saturated heterocycles. The summed E-state index contributed by atoms with van der Waals surface area (Å²) in [7, 11) is 0. The van der Waals surface area contributed by atoms with E-state index in [9.17, 15) is 4.79 Å². The van der Waals surface area contributed by atoms with Gasteiger partial charge in [0.15, 0.2) is 0 Å². The molecule has 2 atom stereocenters. The van der Waals surface area contributed by atoms with Crippen LogP contribution in [0.3, 0.4) is 0 Å². The maximum absolute atomic E-state index is 13.2. The molecule has 1 aliphatic heterocycles. The quantitative estimate of drug-likeness (QED) is 0.763. The summed E-state index contributed by atoms with van der Waals surface area (Å²) >= 11 is 0. The van der Waals surface area contributed by atoms with Crippen molar-refractivity contribution in [2.45, 2.75) is 32.0 Å². The van der Waals surface area contributed by atoms with Crippen LogP contribution in [-0.2, 0) is 29.1 Å². The van der Waals surface area contributed by atoms with Crippen LogP contribution in [0.5, 0.6) is 0 Å². The molecule has 0 aliphatic carbocycles. The first kappa shape index (κ1) is 18.4. The Labute approximate surface area is 164 Å². The minimum Gasteiger partial charge on any atom is -0.357 e. The number of rotatable bonds is 3. The Hall–Kier alpha value is -2.99. The number of hydrogen-bond donors (Lipinski definition) is 1. The monoisotopic (exact) mass is 376 g/mol. The lowest BCUT2D eigenvalue weighted by Gasteiger charge is -2.22. The number of fused-ring (bicyclic) bond motifs is 1. The minimum absolute atomic E-state index is 0.0576. The summed E-state index contributed by atoms with van der Waals surface area (Å²) in [5.41, 5.74) is 3.19. The Kier molecular flexibility index (Phi) is 5.77. The Balaban J connectivity index is 1.60. The molecule has 0 bridgehead atoms. The number of hydrogen-bond acceptors (Lipinski definition) is 4. The average molecular weight is 376 g/mol. The molecule has 1 amide bonds. The predicted molar refractivity (Wildman–Crippen MR) is 105 cm³/mol. The topological polar surface area (TPSA) is 69.0 Å². The summed E-state index contributed by atoms with van der Waals surface area (Å²) < 4.78 is 7.64. The van der Waals surface area contributed by atoms with Crippen molar-refractivity contribution >= 4 is 5.91 Å². The molecular formula is C22H24N4O2. The summed E-state index contributed by atoms with van der Waals surface area (Å²) in [5.74, 6) is -0.0720. The van der Waals surface area contributed by atoms with E-state index in [0.717, 1.165) is 29.7 Å². The maximum Gasteiger partial charge on any atom is 0.224 e. The molecule has 144 valence electrons. The van der Waals surface area contributed by atoms with Crippen LogP contribution in [-0.4, -0.2) is 27.5 Å². The van der Waals surface area contributed by atoms with E-state index in [2.05, 4.69) is 27.8 Å². The SMILES string of the molecule is O=C1N[C@@H](c2ccccc2)COCn2nncc2CC[C@@H]1Cc1ccccc1. The lowest BCUT2D eigenvalue weighted by molar-refractivity contribution is -0.126. The second kappa shape index (κ2) is 8.80. The molecule has 2 aromatic carbocycles. The van der Waals surface area contributed by atoms with E-state index in [0.29, 0.717) is 19.8 Å². The van der Waals surface area contributed by atoms with Crippen LogP contribution < -0.4 is 5.32 Å². The van der Waals surface area contributed by atoms with Gasteiger partial charge in [-0.1, -0.05) is 65.9 Å². The molecule has 1 N–H and O–H groups in total. The average Bonchev–Trinajstić information content (AvgIpc) is 3.18. The maximum atomic E-state index is 13.2. The van der Waals surface area contributed by atoms with Crippen molar-refractivity contribution in [2.24, 2.45) is 5.92 Å². The number of carbonyl (C=O) groups is 1. The molecule has 0 unspecified atom stereocenters. The second-order valence-electron chi connectivity index (χ2n) is 7.12. The molecule has 6 heteroatoms. The second-order valence-corrected chi connectivity index (χ2v) is 7.12.